The lowest BCUT2D eigenvalue weighted by molar-refractivity contribution is -0.187. The van der Waals surface area contributed by atoms with Crippen molar-refractivity contribution in [3.63, 3.8) is 0 Å². The molecule has 4 aliphatic rings. The average Bonchev–Trinajstić information content (AvgIpc) is 2.96. The van der Waals surface area contributed by atoms with Crippen LogP contribution in [0.4, 0.5) is 0 Å². The first-order valence-corrected chi connectivity index (χ1v) is 9.04. The monoisotopic (exact) mass is 341 g/mol. The van der Waals surface area contributed by atoms with Gasteiger partial charge in [0.1, 0.15) is 0 Å². The lowest BCUT2D eigenvalue weighted by Crippen LogP contribution is -2.76. The molecule has 2 heterocycles. The fraction of sp³-hybridized carbons (Fsp3) is 0.550. The van der Waals surface area contributed by atoms with Crippen molar-refractivity contribution in [2.75, 3.05) is 20.2 Å². The molecule has 4 atom stereocenters. The Morgan fingerprint density at radius 2 is 2.32 bits per heavy atom. The van der Waals surface area contributed by atoms with E-state index >= 15 is 0 Å². The molecule has 1 spiro atoms. The Balaban J connectivity index is 1.79. The van der Waals surface area contributed by atoms with E-state index < -0.39 is 17.1 Å². The van der Waals surface area contributed by atoms with E-state index in [0.29, 0.717) is 24.3 Å². The lowest BCUT2D eigenvalue weighted by atomic mass is 9.49. The summed E-state index contributed by atoms with van der Waals surface area (Å²) in [7, 11) is 1.62. The van der Waals surface area contributed by atoms with Crippen molar-refractivity contribution in [2.45, 2.75) is 48.8 Å². The smallest absolute Gasteiger partial charge is 0.174 e. The SMILES string of the molecule is C=CCN1CC[C@@]23c4c5ccc(OC)c4OC2C(=O)CC[C@]3(O)C1C5. The Kier molecular flexibility index (Phi) is 3.00. The predicted octanol–water partition coefficient (Wildman–Crippen LogP) is 1.60. The Morgan fingerprint density at radius 1 is 1.48 bits per heavy atom. The number of benzene rings is 1. The third kappa shape index (κ3) is 1.59. The Morgan fingerprint density at radius 3 is 3.08 bits per heavy atom. The maximum absolute atomic E-state index is 12.8. The number of hydrogen-bond acceptors (Lipinski definition) is 5. The van der Waals surface area contributed by atoms with Crippen LogP contribution in [0.1, 0.15) is 30.4 Å². The minimum absolute atomic E-state index is 0.00899. The predicted molar refractivity (Wildman–Crippen MR) is 92.2 cm³/mol. The first-order chi connectivity index (χ1) is 12.1. The summed E-state index contributed by atoms with van der Waals surface area (Å²) >= 11 is 0. The van der Waals surface area contributed by atoms with Crippen LogP contribution in [0.3, 0.4) is 0 Å². The summed E-state index contributed by atoms with van der Waals surface area (Å²) in [6.07, 6.45) is 3.66. The molecular formula is C20H23NO4. The van der Waals surface area contributed by atoms with Crippen LogP contribution in [-0.4, -0.2) is 53.7 Å². The summed E-state index contributed by atoms with van der Waals surface area (Å²) in [6, 6.07) is 3.99. The molecule has 2 aliphatic carbocycles. The highest BCUT2D eigenvalue weighted by Crippen LogP contribution is 2.64. The van der Waals surface area contributed by atoms with Crippen molar-refractivity contribution in [2.24, 2.45) is 0 Å². The molecule has 25 heavy (non-hydrogen) atoms. The second-order valence-corrected chi connectivity index (χ2v) is 7.74. The number of ether oxygens (including phenoxy) is 2. The summed E-state index contributed by atoms with van der Waals surface area (Å²) in [4.78, 5) is 15.1. The van der Waals surface area contributed by atoms with E-state index in [0.717, 1.165) is 31.5 Å². The molecule has 0 radical (unpaired) electrons. The van der Waals surface area contributed by atoms with E-state index in [1.807, 2.05) is 12.1 Å². The highest BCUT2D eigenvalue weighted by Gasteiger charge is 2.73. The normalized spacial score (nSPS) is 38.1. The molecule has 2 unspecified atom stereocenters. The Hall–Kier alpha value is -1.85. The van der Waals surface area contributed by atoms with Crippen molar-refractivity contribution in [3.8, 4) is 11.5 Å². The van der Waals surface area contributed by atoms with Crippen LogP contribution in [0, 0.1) is 0 Å². The van der Waals surface area contributed by atoms with Gasteiger partial charge in [-0.2, -0.15) is 0 Å². The van der Waals surface area contributed by atoms with Crippen molar-refractivity contribution >= 4 is 5.78 Å². The summed E-state index contributed by atoms with van der Waals surface area (Å²) in [5.41, 5.74) is 0.623. The van der Waals surface area contributed by atoms with Crippen LogP contribution in [0.5, 0.6) is 11.5 Å². The first kappa shape index (κ1) is 15.4. The maximum Gasteiger partial charge on any atom is 0.174 e. The Bertz CT molecular complexity index is 790. The van der Waals surface area contributed by atoms with Gasteiger partial charge in [0, 0.05) is 31.1 Å². The molecule has 132 valence electrons. The quantitative estimate of drug-likeness (QED) is 0.847. The fourth-order valence-corrected chi connectivity index (χ4v) is 5.95. The number of hydrogen-bond donors (Lipinski definition) is 1. The zero-order valence-corrected chi connectivity index (χ0v) is 14.5. The molecule has 5 rings (SSSR count). The van der Waals surface area contributed by atoms with Crippen molar-refractivity contribution in [1.29, 1.82) is 0 Å². The topological polar surface area (TPSA) is 59.0 Å². The number of Topliss-reactive ketones (excluding diaryl/α,β-unsaturated/α-hetero) is 1. The molecule has 1 saturated heterocycles. The third-order valence-electron chi connectivity index (χ3n) is 6.94. The molecule has 2 aliphatic heterocycles. The van der Waals surface area contributed by atoms with Crippen molar-refractivity contribution < 1.29 is 19.4 Å². The summed E-state index contributed by atoms with van der Waals surface area (Å²) in [5.74, 6) is 1.44. The number of carbonyl (C=O) groups is 1. The number of nitrogens with zero attached hydrogens (tertiary/aromatic N) is 1. The van der Waals surface area contributed by atoms with Gasteiger partial charge >= 0.3 is 0 Å². The van der Waals surface area contributed by atoms with Gasteiger partial charge in [-0.1, -0.05) is 12.1 Å². The number of ketones is 1. The number of methoxy groups -OCH3 is 1. The fourth-order valence-electron chi connectivity index (χ4n) is 5.95. The summed E-state index contributed by atoms with van der Waals surface area (Å²) in [6.45, 7) is 5.46. The van der Waals surface area contributed by atoms with Gasteiger partial charge in [0.05, 0.1) is 18.1 Å². The highest BCUT2D eigenvalue weighted by atomic mass is 16.5. The molecule has 2 fully saturated rings. The minimum atomic E-state index is -0.947. The van der Waals surface area contributed by atoms with Gasteiger partial charge in [-0.25, -0.2) is 0 Å². The van der Waals surface area contributed by atoms with E-state index in [1.54, 1.807) is 7.11 Å². The van der Waals surface area contributed by atoms with E-state index in [-0.39, 0.29) is 11.8 Å². The zero-order chi connectivity index (χ0) is 17.4. The molecule has 0 aromatic heterocycles. The van der Waals surface area contributed by atoms with Gasteiger partial charge in [0.25, 0.3) is 0 Å². The second kappa shape index (κ2) is 4.86. The summed E-state index contributed by atoms with van der Waals surface area (Å²) < 4.78 is 11.7. The standard InChI is InChI=1S/C20H23NO4/c1-3-9-21-10-8-19-16-12-4-5-14(24-2)17(16)25-18(19)13(22)6-7-20(19,23)15(21)11-12/h3-5,15,18,23H,1,6-11H2,2H3/t15?,18?,19-,20+/m1/s1. The van der Waals surface area contributed by atoms with E-state index in [2.05, 4.69) is 17.5 Å². The van der Waals surface area contributed by atoms with Crippen LogP contribution < -0.4 is 9.47 Å². The molecule has 5 nitrogen and oxygen atoms in total. The van der Waals surface area contributed by atoms with Crippen LogP contribution in [-0.2, 0) is 16.6 Å². The van der Waals surface area contributed by atoms with E-state index in [1.165, 1.54) is 5.56 Å². The van der Waals surface area contributed by atoms with Gasteiger partial charge in [-0.3, -0.25) is 9.69 Å². The molecule has 1 aromatic carbocycles. The molecule has 0 amide bonds. The lowest BCUT2D eigenvalue weighted by Gasteiger charge is -2.62. The zero-order valence-electron chi connectivity index (χ0n) is 14.5. The summed E-state index contributed by atoms with van der Waals surface area (Å²) in [5, 5.41) is 11.9. The van der Waals surface area contributed by atoms with Gasteiger partial charge < -0.3 is 14.6 Å². The first-order valence-electron chi connectivity index (χ1n) is 9.04. The van der Waals surface area contributed by atoms with Gasteiger partial charge in [-0.05, 0) is 30.9 Å². The largest absolute Gasteiger partial charge is 0.493 e. The average molecular weight is 341 g/mol. The van der Waals surface area contributed by atoms with Gasteiger partial charge in [0.2, 0.25) is 0 Å². The molecular weight excluding hydrogens is 318 g/mol. The molecule has 1 aromatic rings. The van der Waals surface area contributed by atoms with Crippen LogP contribution in [0.25, 0.3) is 0 Å². The molecule has 1 N–H and O–H groups in total. The van der Waals surface area contributed by atoms with Crippen molar-refractivity contribution in [1.82, 2.24) is 4.90 Å². The Labute approximate surface area is 147 Å². The number of aliphatic hydroxyl groups is 1. The highest BCUT2D eigenvalue weighted by molar-refractivity contribution is 5.90. The number of rotatable bonds is 3. The number of likely N-dealkylation sites (tertiary alicyclic amines) is 1. The van der Waals surface area contributed by atoms with Crippen molar-refractivity contribution in [3.05, 3.63) is 35.9 Å². The second-order valence-electron chi connectivity index (χ2n) is 7.74. The van der Waals surface area contributed by atoms with Crippen LogP contribution in [0.15, 0.2) is 24.8 Å². The maximum atomic E-state index is 12.8. The molecule has 1 saturated carbocycles. The van der Waals surface area contributed by atoms with Crippen LogP contribution >= 0.6 is 0 Å². The number of carbonyl (C=O) groups excluding carboxylic acids is 1. The third-order valence-corrected chi connectivity index (χ3v) is 6.94. The van der Waals surface area contributed by atoms with E-state index in [4.69, 9.17) is 9.47 Å². The molecule has 2 bridgehead atoms. The van der Waals surface area contributed by atoms with Gasteiger partial charge in [0.15, 0.2) is 23.4 Å². The van der Waals surface area contributed by atoms with Gasteiger partial charge in [-0.15, -0.1) is 6.58 Å². The minimum Gasteiger partial charge on any atom is -0.493 e. The molecule has 5 heteroatoms. The van der Waals surface area contributed by atoms with Crippen LogP contribution in [0.2, 0.25) is 0 Å². The van der Waals surface area contributed by atoms with E-state index in [9.17, 15) is 9.90 Å². The number of piperidine rings is 1.